The Morgan fingerprint density at radius 1 is 1.26 bits per heavy atom. The zero-order chi connectivity index (χ0) is 15.9. The molecule has 0 saturated carbocycles. The van der Waals surface area contributed by atoms with Gasteiger partial charge in [0.15, 0.2) is 0 Å². The van der Waals surface area contributed by atoms with E-state index < -0.39 is 0 Å². The summed E-state index contributed by atoms with van der Waals surface area (Å²) in [6.45, 7) is 1.43. The molecule has 0 spiro atoms. The normalized spacial score (nSPS) is 16.8. The Hall–Kier alpha value is -2.36. The van der Waals surface area contributed by atoms with E-state index in [4.69, 9.17) is 4.74 Å². The molecule has 1 aromatic carbocycles. The number of hydrogen-bond donors (Lipinski definition) is 1. The third kappa shape index (κ3) is 4.55. The van der Waals surface area contributed by atoms with Crippen molar-refractivity contribution in [2.45, 2.75) is 25.7 Å². The molecule has 1 N–H and O–H groups in total. The average Bonchev–Trinajstić information content (AvgIpc) is 2.81. The van der Waals surface area contributed by atoms with E-state index >= 15 is 0 Å². The molecule has 1 aliphatic rings. The fourth-order valence-corrected chi connectivity index (χ4v) is 2.89. The number of aromatic nitrogens is 1. The van der Waals surface area contributed by atoms with Gasteiger partial charge in [-0.2, -0.15) is 0 Å². The maximum Gasteiger partial charge on any atom is 0.220 e. The third-order valence-electron chi connectivity index (χ3n) is 4.22. The Bertz CT molecular complexity index is 643. The van der Waals surface area contributed by atoms with Gasteiger partial charge >= 0.3 is 0 Å². The number of ether oxygens (including phenoxy) is 1. The maximum absolute atomic E-state index is 12.0. The van der Waals surface area contributed by atoms with Crippen LogP contribution in [0.2, 0.25) is 0 Å². The lowest BCUT2D eigenvalue weighted by molar-refractivity contribution is -0.121. The highest BCUT2D eigenvalue weighted by molar-refractivity contribution is 5.76. The molecule has 1 aliphatic heterocycles. The van der Waals surface area contributed by atoms with Gasteiger partial charge in [0.2, 0.25) is 5.91 Å². The van der Waals surface area contributed by atoms with Crippen molar-refractivity contribution in [3.8, 4) is 5.75 Å². The Balaban J connectivity index is 1.45. The first-order valence-corrected chi connectivity index (χ1v) is 8.17. The highest BCUT2D eigenvalue weighted by Gasteiger charge is 2.17. The summed E-state index contributed by atoms with van der Waals surface area (Å²) in [6.07, 6.45) is 6.72. The topological polar surface area (TPSA) is 51.2 Å². The van der Waals surface area contributed by atoms with Gasteiger partial charge in [-0.3, -0.25) is 9.78 Å². The molecule has 0 fully saturated rings. The van der Waals surface area contributed by atoms with Crippen molar-refractivity contribution in [2.24, 2.45) is 5.92 Å². The molecule has 0 radical (unpaired) electrons. The van der Waals surface area contributed by atoms with Crippen molar-refractivity contribution in [2.75, 3.05) is 13.2 Å². The van der Waals surface area contributed by atoms with Crippen LogP contribution in [-0.4, -0.2) is 24.0 Å². The molecular weight excluding hydrogens is 288 g/mol. The van der Waals surface area contributed by atoms with E-state index in [9.17, 15) is 4.79 Å². The molecule has 4 nitrogen and oxygen atoms in total. The van der Waals surface area contributed by atoms with Crippen LogP contribution in [0.25, 0.3) is 0 Å². The maximum atomic E-state index is 12.0. The number of aryl methyl sites for hydroxylation is 1. The number of rotatable bonds is 5. The molecule has 1 amide bonds. The SMILES string of the molecule is O=C(CCc1cccnc1)NC[C@@H]1CCOc2ccccc2C1. The van der Waals surface area contributed by atoms with E-state index in [2.05, 4.69) is 16.4 Å². The van der Waals surface area contributed by atoms with E-state index in [1.54, 1.807) is 6.20 Å². The predicted molar refractivity (Wildman–Crippen MR) is 89.3 cm³/mol. The van der Waals surface area contributed by atoms with Crippen LogP contribution in [0.1, 0.15) is 24.0 Å². The minimum Gasteiger partial charge on any atom is -0.493 e. The number of pyridine rings is 1. The summed E-state index contributed by atoms with van der Waals surface area (Å²) in [4.78, 5) is 16.1. The van der Waals surface area contributed by atoms with Gasteiger partial charge in [0.25, 0.3) is 0 Å². The number of para-hydroxylation sites is 1. The van der Waals surface area contributed by atoms with E-state index in [0.29, 0.717) is 25.5 Å². The number of carbonyl (C=O) groups excluding carboxylic acids is 1. The molecule has 2 heterocycles. The van der Waals surface area contributed by atoms with Crippen molar-refractivity contribution in [3.63, 3.8) is 0 Å². The molecule has 0 saturated heterocycles. The Labute approximate surface area is 136 Å². The summed E-state index contributed by atoms with van der Waals surface area (Å²) >= 11 is 0. The summed E-state index contributed by atoms with van der Waals surface area (Å²) < 4.78 is 5.77. The lowest BCUT2D eigenvalue weighted by Crippen LogP contribution is -2.30. The summed E-state index contributed by atoms with van der Waals surface area (Å²) in [6, 6.07) is 12.1. The fourth-order valence-electron chi connectivity index (χ4n) is 2.89. The summed E-state index contributed by atoms with van der Waals surface area (Å²) in [5.41, 5.74) is 2.33. The minimum absolute atomic E-state index is 0.104. The molecule has 0 aliphatic carbocycles. The molecular formula is C19H22N2O2. The monoisotopic (exact) mass is 310 g/mol. The van der Waals surface area contributed by atoms with Gasteiger partial charge in [-0.15, -0.1) is 0 Å². The molecule has 23 heavy (non-hydrogen) atoms. The number of benzene rings is 1. The van der Waals surface area contributed by atoms with Crippen molar-refractivity contribution in [1.82, 2.24) is 10.3 Å². The Morgan fingerprint density at radius 3 is 3.04 bits per heavy atom. The van der Waals surface area contributed by atoms with Gasteiger partial charge in [0.05, 0.1) is 6.61 Å². The van der Waals surface area contributed by atoms with Crippen LogP contribution >= 0.6 is 0 Å². The Kier molecular flexibility index (Phi) is 5.25. The first-order valence-electron chi connectivity index (χ1n) is 8.17. The second-order valence-electron chi connectivity index (χ2n) is 5.98. The molecule has 1 aromatic heterocycles. The number of carbonyl (C=O) groups is 1. The van der Waals surface area contributed by atoms with E-state index in [-0.39, 0.29) is 5.91 Å². The third-order valence-corrected chi connectivity index (χ3v) is 4.22. The van der Waals surface area contributed by atoms with E-state index in [1.165, 1.54) is 5.56 Å². The molecule has 3 rings (SSSR count). The second kappa shape index (κ2) is 7.77. The van der Waals surface area contributed by atoms with E-state index in [1.807, 2.05) is 36.5 Å². The lowest BCUT2D eigenvalue weighted by Gasteiger charge is -2.14. The van der Waals surface area contributed by atoms with Crippen LogP contribution in [0, 0.1) is 5.92 Å². The first-order chi connectivity index (χ1) is 11.3. The molecule has 0 unspecified atom stereocenters. The zero-order valence-corrected chi connectivity index (χ0v) is 13.2. The van der Waals surface area contributed by atoms with Crippen LogP contribution in [-0.2, 0) is 17.6 Å². The van der Waals surface area contributed by atoms with Crippen LogP contribution in [0.5, 0.6) is 5.75 Å². The smallest absolute Gasteiger partial charge is 0.220 e. The highest BCUT2D eigenvalue weighted by atomic mass is 16.5. The molecule has 1 atom stereocenters. The van der Waals surface area contributed by atoms with Gasteiger partial charge in [0.1, 0.15) is 5.75 Å². The number of hydrogen-bond acceptors (Lipinski definition) is 3. The number of nitrogens with one attached hydrogen (secondary N) is 1. The zero-order valence-electron chi connectivity index (χ0n) is 13.2. The van der Waals surface area contributed by atoms with Gasteiger partial charge in [0, 0.05) is 25.4 Å². The van der Waals surface area contributed by atoms with E-state index in [0.717, 1.165) is 30.6 Å². The second-order valence-corrected chi connectivity index (χ2v) is 5.98. The van der Waals surface area contributed by atoms with Gasteiger partial charge in [-0.05, 0) is 48.4 Å². The lowest BCUT2D eigenvalue weighted by atomic mass is 9.97. The van der Waals surface area contributed by atoms with Crippen LogP contribution < -0.4 is 10.1 Å². The average molecular weight is 310 g/mol. The van der Waals surface area contributed by atoms with Crippen molar-refractivity contribution < 1.29 is 9.53 Å². The number of nitrogens with zero attached hydrogens (tertiary/aromatic N) is 1. The van der Waals surface area contributed by atoms with Crippen molar-refractivity contribution >= 4 is 5.91 Å². The van der Waals surface area contributed by atoms with Crippen molar-refractivity contribution in [1.29, 1.82) is 0 Å². The van der Waals surface area contributed by atoms with Gasteiger partial charge < -0.3 is 10.1 Å². The summed E-state index contributed by atoms with van der Waals surface area (Å²) in [5.74, 6) is 1.52. The highest BCUT2D eigenvalue weighted by Crippen LogP contribution is 2.26. The summed E-state index contributed by atoms with van der Waals surface area (Å²) in [7, 11) is 0. The quantitative estimate of drug-likeness (QED) is 0.924. The van der Waals surface area contributed by atoms with Gasteiger partial charge in [-0.25, -0.2) is 0 Å². The molecule has 120 valence electrons. The van der Waals surface area contributed by atoms with Crippen LogP contribution in [0.3, 0.4) is 0 Å². The largest absolute Gasteiger partial charge is 0.493 e. The summed E-state index contributed by atoms with van der Waals surface area (Å²) in [5, 5.41) is 3.07. The van der Waals surface area contributed by atoms with Gasteiger partial charge in [-0.1, -0.05) is 24.3 Å². The predicted octanol–water partition coefficient (Wildman–Crippen LogP) is 2.77. The van der Waals surface area contributed by atoms with Crippen LogP contribution in [0.15, 0.2) is 48.8 Å². The minimum atomic E-state index is 0.104. The first kappa shape index (κ1) is 15.5. The standard InChI is InChI=1S/C19H22N2O2/c22-19(8-7-15-4-3-10-20-13-15)21-14-16-9-11-23-18-6-2-1-5-17(18)12-16/h1-6,10,13,16H,7-9,11-12,14H2,(H,21,22)/t16-/m1/s1. The Morgan fingerprint density at radius 2 is 2.17 bits per heavy atom. The molecule has 4 heteroatoms. The molecule has 0 bridgehead atoms. The van der Waals surface area contributed by atoms with Crippen molar-refractivity contribution in [3.05, 3.63) is 59.9 Å². The number of amides is 1. The number of fused-ring (bicyclic) bond motifs is 1. The fraction of sp³-hybridized carbons (Fsp3) is 0.368. The van der Waals surface area contributed by atoms with Crippen LogP contribution in [0.4, 0.5) is 0 Å². The molecule has 2 aromatic rings.